The Morgan fingerprint density at radius 3 is 2.31 bits per heavy atom. The minimum atomic E-state index is -5.08. The zero-order chi connectivity index (χ0) is 25.2. The fraction of sp³-hybridized carbons (Fsp3) is 0.619. The van der Waals surface area contributed by atoms with E-state index in [1.165, 1.54) is 0 Å². The number of hydrogen-bond acceptors (Lipinski definition) is 7. The van der Waals surface area contributed by atoms with Gasteiger partial charge in [-0.05, 0) is 56.8 Å². The van der Waals surface area contributed by atoms with Crippen molar-refractivity contribution in [3.63, 3.8) is 0 Å². The molecule has 2 heterocycles. The van der Waals surface area contributed by atoms with Gasteiger partial charge < -0.3 is 15.4 Å². The van der Waals surface area contributed by atoms with Crippen LogP contribution < -0.4 is 10.6 Å². The van der Waals surface area contributed by atoms with Gasteiger partial charge in [-0.15, -0.1) is 0 Å². The largest absolute Gasteiger partial charge is 0.490 e. The van der Waals surface area contributed by atoms with Crippen LogP contribution in [0.1, 0.15) is 43.5 Å². The predicted molar refractivity (Wildman–Crippen MR) is 109 cm³/mol. The normalized spacial score (nSPS) is 29.8. The Labute approximate surface area is 195 Å². The lowest BCUT2D eigenvalue weighted by Gasteiger charge is -2.59. The Hall–Kier alpha value is -3.06. The van der Waals surface area contributed by atoms with Crippen LogP contribution in [-0.4, -0.2) is 44.0 Å². The van der Waals surface area contributed by atoms with Crippen LogP contribution in [0.25, 0.3) is 0 Å². The van der Waals surface area contributed by atoms with Gasteiger partial charge in [-0.3, -0.25) is 5.10 Å². The zero-order valence-electron chi connectivity index (χ0n) is 18.4. The number of carbonyl (C=O) groups is 1. The van der Waals surface area contributed by atoms with Crippen LogP contribution in [0.3, 0.4) is 0 Å². The summed E-state index contributed by atoms with van der Waals surface area (Å²) >= 11 is 0. The van der Waals surface area contributed by atoms with Crippen LogP contribution in [0.5, 0.6) is 0 Å². The van der Waals surface area contributed by atoms with E-state index in [2.05, 4.69) is 30.8 Å². The predicted octanol–water partition coefficient (Wildman–Crippen LogP) is 4.74. The molecule has 0 spiro atoms. The quantitative estimate of drug-likeness (QED) is 0.399. The zero-order valence-corrected chi connectivity index (χ0v) is 18.4. The Bertz CT molecular complexity index is 1120. The molecule has 4 bridgehead atoms. The SMILES string of the molecule is Cc1cc(Nc2cc(C(F)(F)F)nc(NC3C4CC5CC3CC(OC(=O)C(F)(F)F)(C5)C4)n2)n[nH]1. The third-order valence-corrected chi connectivity index (χ3v) is 7.03. The van der Waals surface area contributed by atoms with E-state index < -0.39 is 29.6 Å². The number of H-pyrrole nitrogens is 1. The van der Waals surface area contributed by atoms with Gasteiger partial charge in [-0.1, -0.05) is 0 Å². The first-order chi connectivity index (χ1) is 16.3. The highest BCUT2D eigenvalue weighted by Gasteiger charge is 2.59. The number of aromatic amines is 1. The number of hydrogen-bond donors (Lipinski definition) is 3. The molecule has 4 aliphatic carbocycles. The minimum Gasteiger partial charge on any atom is -0.452 e. The van der Waals surface area contributed by atoms with E-state index >= 15 is 0 Å². The number of esters is 1. The fourth-order valence-corrected chi connectivity index (χ4v) is 6.05. The number of rotatable bonds is 5. The molecule has 35 heavy (non-hydrogen) atoms. The van der Waals surface area contributed by atoms with E-state index in [0.717, 1.165) is 6.07 Å². The molecule has 0 aromatic carbocycles. The number of halogens is 6. The monoisotopic (exact) mass is 504 g/mol. The number of aryl methyl sites for hydroxylation is 1. The maximum Gasteiger partial charge on any atom is 0.490 e. The van der Waals surface area contributed by atoms with Gasteiger partial charge in [0.05, 0.1) is 0 Å². The van der Waals surface area contributed by atoms with Crippen LogP contribution in [0.15, 0.2) is 12.1 Å². The molecule has 0 radical (unpaired) electrons. The molecule has 0 aliphatic heterocycles. The maximum absolute atomic E-state index is 13.5. The number of carbonyl (C=O) groups excluding carboxylic acids is 1. The molecular formula is C21H22F6N6O2. The summed E-state index contributed by atoms with van der Waals surface area (Å²) in [6.45, 7) is 1.73. The van der Waals surface area contributed by atoms with Gasteiger partial charge in [0.15, 0.2) is 11.5 Å². The fourth-order valence-electron chi connectivity index (χ4n) is 6.05. The van der Waals surface area contributed by atoms with E-state index in [1.807, 2.05) is 0 Å². The highest BCUT2D eigenvalue weighted by atomic mass is 19.4. The Kier molecular flexibility index (Phi) is 5.40. The summed E-state index contributed by atoms with van der Waals surface area (Å²) < 4.78 is 84.0. The second kappa shape index (κ2) is 7.98. The van der Waals surface area contributed by atoms with Crippen LogP contribution >= 0.6 is 0 Å². The number of nitrogens with one attached hydrogen (secondary N) is 3. The molecule has 8 nitrogen and oxygen atoms in total. The summed E-state index contributed by atoms with van der Waals surface area (Å²) in [4.78, 5) is 19.4. The van der Waals surface area contributed by atoms with E-state index in [9.17, 15) is 31.1 Å². The van der Waals surface area contributed by atoms with Crippen molar-refractivity contribution in [3.05, 3.63) is 23.5 Å². The average molecular weight is 504 g/mol. The topological polar surface area (TPSA) is 105 Å². The van der Waals surface area contributed by atoms with Crippen molar-refractivity contribution in [2.75, 3.05) is 10.6 Å². The molecule has 6 rings (SSSR count). The van der Waals surface area contributed by atoms with Gasteiger partial charge in [0.1, 0.15) is 11.4 Å². The van der Waals surface area contributed by atoms with Crippen LogP contribution in [0.4, 0.5) is 43.9 Å². The number of nitrogens with zero attached hydrogens (tertiary/aromatic N) is 3. The summed E-state index contributed by atoms with van der Waals surface area (Å²) in [5, 5.41) is 12.4. The second-order valence-corrected chi connectivity index (χ2v) is 9.73. The Balaban J connectivity index is 1.38. The first-order valence-electron chi connectivity index (χ1n) is 11.1. The van der Waals surface area contributed by atoms with Crippen molar-refractivity contribution in [3.8, 4) is 0 Å². The number of anilines is 3. The summed E-state index contributed by atoms with van der Waals surface area (Å²) in [6.07, 6.45) is -7.68. The van der Waals surface area contributed by atoms with Gasteiger partial charge >= 0.3 is 18.3 Å². The maximum atomic E-state index is 13.5. The molecule has 2 atom stereocenters. The summed E-state index contributed by atoms with van der Waals surface area (Å²) in [5.74, 6) is -2.56. The molecule has 2 aromatic heterocycles. The van der Waals surface area contributed by atoms with Gasteiger partial charge in [0.2, 0.25) is 5.95 Å². The van der Waals surface area contributed by atoms with Gasteiger partial charge in [0.25, 0.3) is 0 Å². The molecular weight excluding hydrogens is 482 g/mol. The third-order valence-electron chi connectivity index (χ3n) is 7.03. The third kappa shape index (κ3) is 4.74. The lowest BCUT2D eigenvalue weighted by atomic mass is 9.52. The van der Waals surface area contributed by atoms with Gasteiger partial charge in [-0.2, -0.15) is 36.4 Å². The average Bonchev–Trinajstić information content (AvgIpc) is 3.13. The van der Waals surface area contributed by atoms with Crippen molar-refractivity contribution in [1.29, 1.82) is 0 Å². The van der Waals surface area contributed by atoms with Crippen molar-refractivity contribution >= 4 is 23.6 Å². The number of ether oxygens (including phenoxy) is 1. The smallest absolute Gasteiger partial charge is 0.452 e. The minimum absolute atomic E-state index is 0.0918. The molecule has 14 heteroatoms. The van der Waals surface area contributed by atoms with Crippen LogP contribution in [0, 0.1) is 24.7 Å². The first-order valence-corrected chi connectivity index (χ1v) is 11.1. The molecule has 0 saturated heterocycles. The van der Waals surface area contributed by atoms with E-state index in [1.54, 1.807) is 13.0 Å². The van der Waals surface area contributed by atoms with Gasteiger partial charge in [-0.25, -0.2) is 9.78 Å². The molecule has 0 amide bonds. The standard InChI is InChI=1S/C21H22F6N6O2/c1-9-2-15(33-32-9)29-14-5-13(20(22,23)24)28-18(30-14)31-16-11-3-10-4-12(16)8-19(6-10,7-11)35-17(34)21(25,26)27/h2,5,10-12,16H,3-4,6-8H2,1H3,(H3,28,29,30,31,32,33). The second-order valence-electron chi connectivity index (χ2n) is 9.73. The molecule has 4 aliphatic rings. The number of aromatic nitrogens is 4. The molecule has 190 valence electrons. The Morgan fingerprint density at radius 1 is 1.06 bits per heavy atom. The Morgan fingerprint density at radius 2 is 1.74 bits per heavy atom. The van der Waals surface area contributed by atoms with E-state index in [0.29, 0.717) is 25.0 Å². The molecule has 3 N–H and O–H groups in total. The van der Waals surface area contributed by atoms with Crippen molar-refractivity contribution in [2.24, 2.45) is 17.8 Å². The van der Waals surface area contributed by atoms with Crippen molar-refractivity contribution in [1.82, 2.24) is 20.2 Å². The highest BCUT2D eigenvalue weighted by Crippen LogP contribution is 2.58. The van der Waals surface area contributed by atoms with E-state index in [-0.39, 0.29) is 54.2 Å². The highest BCUT2D eigenvalue weighted by molar-refractivity contribution is 5.76. The van der Waals surface area contributed by atoms with Crippen LogP contribution in [-0.2, 0) is 15.7 Å². The number of alkyl halides is 6. The van der Waals surface area contributed by atoms with Crippen LogP contribution in [0.2, 0.25) is 0 Å². The van der Waals surface area contributed by atoms with Gasteiger partial charge in [0, 0.05) is 23.9 Å². The molecule has 2 aromatic rings. The summed E-state index contributed by atoms with van der Waals surface area (Å²) in [6, 6.07) is 2.02. The summed E-state index contributed by atoms with van der Waals surface area (Å²) in [5.41, 5.74) is -1.64. The van der Waals surface area contributed by atoms with Crippen molar-refractivity contribution < 1.29 is 35.9 Å². The van der Waals surface area contributed by atoms with E-state index in [4.69, 9.17) is 4.74 Å². The first kappa shape index (κ1) is 23.7. The molecule has 4 fully saturated rings. The van der Waals surface area contributed by atoms with Crippen molar-refractivity contribution in [2.45, 2.75) is 63.0 Å². The lowest BCUT2D eigenvalue weighted by Crippen LogP contribution is -2.61. The molecule has 2 unspecified atom stereocenters. The lowest BCUT2D eigenvalue weighted by molar-refractivity contribution is -0.231. The summed E-state index contributed by atoms with van der Waals surface area (Å²) in [7, 11) is 0. The molecule has 4 saturated carbocycles.